The van der Waals surface area contributed by atoms with Crippen LogP contribution in [0.3, 0.4) is 0 Å². The Kier molecular flexibility index (Phi) is 3.56. The van der Waals surface area contributed by atoms with Crippen LogP contribution in [0.1, 0.15) is 13.3 Å². The number of imidazole rings is 1. The molecule has 3 heterocycles. The van der Waals surface area contributed by atoms with Crippen LogP contribution < -0.4 is 16.3 Å². The van der Waals surface area contributed by atoms with Gasteiger partial charge in [0.2, 0.25) is 5.95 Å². The summed E-state index contributed by atoms with van der Waals surface area (Å²) in [4.78, 5) is 29.0. The lowest BCUT2D eigenvalue weighted by molar-refractivity contribution is 0.695. The Hall–Kier alpha value is -2.09. The first kappa shape index (κ1) is 14.8. The number of aryl methyl sites for hydroxylation is 1. The molecular weight excluding hydrogens is 308 g/mol. The van der Waals surface area contributed by atoms with Crippen LogP contribution in [0, 0.1) is 0 Å². The van der Waals surface area contributed by atoms with Gasteiger partial charge < -0.3 is 0 Å². The van der Waals surface area contributed by atoms with Crippen molar-refractivity contribution in [3.63, 3.8) is 0 Å². The van der Waals surface area contributed by atoms with Crippen LogP contribution >= 0.6 is 11.6 Å². The smallest absolute Gasteiger partial charge is 0.297 e. The van der Waals surface area contributed by atoms with Crippen LogP contribution in [0.15, 0.2) is 14.7 Å². The maximum absolute atomic E-state index is 12.5. The third kappa shape index (κ3) is 2.06. The Morgan fingerprint density at radius 2 is 1.95 bits per heavy atom. The lowest BCUT2D eigenvalue weighted by Crippen LogP contribution is -2.38. The highest BCUT2D eigenvalue weighted by molar-refractivity contribution is 6.17. The highest BCUT2D eigenvalue weighted by atomic mass is 35.5. The number of hydrogen-bond acceptors (Lipinski definition) is 5. The molecule has 0 spiro atoms. The van der Waals surface area contributed by atoms with E-state index in [0.717, 1.165) is 16.7 Å². The number of hydrogen-bond donors (Lipinski definition) is 0. The van der Waals surface area contributed by atoms with E-state index in [2.05, 4.69) is 10.1 Å². The molecule has 22 heavy (non-hydrogen) atoms. The number of anilines is 1. The molecule has 0 atom stereocenters. The average molecular weight is 325 g/mol. The second-order valence-electron chi connectivity index (χ2n) is 5.38. The Morgan fingerprint density at radius 1 is 1.23 bits per heavy atom. The molecule has 0 N–H and O–H groups in total. The first-order chi connectivity index (χ1) is 10.5. The van der Waals surface area contributed by atoms with Crippen LogP contribution in [0.5, 0.6) is 0 Å². The monoisotopic (exact) mass is 324 g/mol. The van der Waals surface area contributed by atoms with Gasteiger partial charge in [-0.05, 0) is 13.3 Å². The fraction of sp³-hybridized carbons (Fsp3) is 0.538. The van der Waals surface area contributed by atoms with Gasteiger partial charge in [-0.25, -0.2) is 9.80 Å². The zero-order valence-corrected chi connectivity index (χ0v) is 13.5. The summed E-state index contributed by atoms with van der Waals surface area (Å²) in [5, 5.41) is 6.21. The molecule has 3 rings (SSSR count). The van der Waals surface area contributed by atoms with Gasteiger partial charge in [-0.1, -0.05) is 0 Å². The number of rotatable bonds is 3. The van der Waals surface area contributed by atoms with Crippen molar-refractivity contribution in [3.8, 4) is 0 Å². The molecule has 0 aliphatic carbocycles. The van der Waals surface area contributed by atoms with Gasteiger partial charge in [0, 0.05) is 26.5 Å². The minimum Gasteiger partial charge on any atom is -0.297 e. The third-order valence-corrected chi connectivity index (χ3v) is 4.01. The first-order valence-corrected chi connectivity index (χ1v) is 7.53. The molecule has 1 aliphatic rings. The molecule has 0 aromatic carbocycles. The van der Waals surface area contributed by atoms with Crippen molar-refractivity contribution in [2.45, 2.75) is 19.9 Å². The molecule has 2 aromatic heterocycles. The summed E-state index contributed by atoms with van der Waals surface area (Å²) < 4.78 is 4.30. The van der Waals surface area contributed by atoms with E-state index in [9.17, 15) is 9.59 Å². The van der Waals surface area contributed by atoms with E-state index in [4.69, 9.17) is 11.6 Å². The molecule has 2 aromatic rings. The zero-order chi connectivity index (χ0) is 16.0. The summed E-state index contributed by atoms with van der Waals surface area (Å²) in [6.45, 7) is 2.99. The van der Waals surface area contributed by atoms with Crippen molar-refractivity contribution in [1.29, 1.82) is 0 Å². The molecule has 118 valence electrons. The molecule has 0 unspecified atom stereocenters. The summed E-state index contributed by atoms with van der Waals surface area (Å²) in [5.74, 6) is 1.09. The van der Waals surface area contributed by atoms with E-state index in [1.165, 1.54) is 11.6 Å². The van der Waals surface area contributed by atoms with Crippen LogP contribution in [-0.2, 0) is 20.6 Å². The van der Waals surface area contributed by atoms with E-state index < -0.39 is 5.69 Å². The number of aromatic nitrogens is 4. The Morgan fingerprint density at radius 3 is 2.64 bits per heavy atom. The Balaban J connectivity index is 2.30. The van der Waals surface area contributed by atoms with Crippen LogP contribution in [-0.4, -0.2) is 36.8 Å². The van der Waals surface area contributed by atoms with E-state index >= 15 is 0 Å². The minimum absolute atomic E-state index is 0.344. The van der Waals surface area contributed by atoms with Crippen molar-refractivity contribution in [2.75, 3.05) is 17.4 Å². The molecule has 0 saturated carbocycles. The highest BCUT2D eigenvalue weighted by Gasteiger charge is 2.25. The normalized spacial score (nSPS) is 14.4. The van der Waals surface area contributed by atoms with Crippen LogP contribution in [0.4, 0.5) is 5.95 Å². The number of fused-ring (bicyclic) bond motifs is 3. The summed E-state index contributed by atoms with van der Waals surface area (Å²) in [5.41, 5.74) is 0.938. The molecule has 8 nitrogen and oxygen atoms in total. The Bertz CT molecular complexity index is 891. The van der Waals surface area contributed by atoms with E-state index in [1.807, 2.05) is 11.5 Å². The second kappa shape index (κ2) is 5.28. The fourth-order valence-corrected chi connectivity index (χ4v) is 2.77. The summed E-state index contributed by atoms with van der Waals surface area (Å²) in [6.07, 6.45) is 0.748. The van der Waals surface area contributed by atoms with Gasteiger partial charge in [0.15, 0.2) is 11.2 Å². The maximum atomic E-state index is 12.5. The topological polar surface area (TPSA) is 77.4 Å². The Labute approximate surface area is 131 Å². The van der Waals surface area contributed by atoms with Gasteiger partial charge in [0.05, 0.1) is 12.3 Å². The van der Waals surface area contributed by atoms with E-state index in [1.54, 1.807) is 12.1 Å². The number of nitrogens with zero attached hydrogens (tertiary/aromatic N) is 6. The summed E-state index contributed by atoms with van der Waals surface area (Å²) >= 11 is 5.75. The van der Waals surface area contributed by atoms with E-state index in [0.29, 0.717) is 36.1 Å². The van der Waals surface area contributed by atoms with Crippen LogP contribution in [0.25, 0.3) is 11.2 Å². The molecule has 9 heteroatoms. The average Bonchev–Trinajstić information content (AvgIpc) is 2.87. The van der Waals surface area contributed by atoms with Crippen molar-refractivity contribution in [1.82, 2.24) is 18.7 Å². The number of alkyl halides is 1. The van der Waals surface area contributed by atoms with Gasteiger partial charge >= 0.3 is 5.69 Å². The fourth-order valence-electron chi connectivity index (χ4n) is 2.65. The van der Waals surface area contributed by atoms with Gasteiger partial charge in [-0.3, -0.25) is 18.5 Å². The van der Waals surface area contributed by atoms with Crippen molar-refractivity contribution in [3.05, 3.63) is 20.8 Å². The third-order valence-electron chi connectivity index (χ3n) is 3.74. The van der Waals surface area contributed by atoms with Gasteiger partial charge in [0.1, 0.15) is 0 Å². The van der Waals surface area contributed by atoms with Gasteiger partial charge in [-0.2, -0.15) is 10.1 Å². The lowest BCUT2D eigenvalue weighted by atomic mass is 10.3. The summed E-state index contributed by atoms with van der Waals surface area (Å²) in [6, 6.07) is 0. The van der Waals surface area contributed by atoms with Gasteiger partial charge in [-0.15, -0.1) is 11.6 Å². The molecule has 0 amide bonds. The van der Waals surface area contributed by atoms with Crippen molar-refractivity contribution < 1.29 is 0 Å². The second-order valence-corrected chi connectivity index (χ2v) is 5.75. The summed E-state index contributed by atoms with van der Waals surface area (Å²) in [7, 11) is 3.08. The SMILES string of the molecule is CC1=NN(CCCCl)c2nc3c(c(=O)n(C)c(=O)n3C)n2C1. The maximum Gasteiger partial charge on any atom is 0.332 e. The lowest BCUT2D eigenvalue weighted by Gasteiger charge is -2.24. The van der Waals surface area contributed by atoms with Gasteiger partial charge in [0.25, 0.3) is 5.56 Å². The quantitative estimate of drug-likeness (QED) is 0.759. The molecule has 0 saturated heterocycles. The van der Waals surface area contributed by atoms with E-state index in [-0.39, 0.29) is 5.56 Å². The number of hydrazone groups is 1. The zero-order valence-electron chi connectivity index (χ0n) is 12.7. The largest absolute Gasteiger partial charge is 0.332 e. The predicted molar refractivity (Wildman–Crippen MR) is 86.0 cm³/mol. The van der Waals surface area contributed by atoms with Crippen molar-refractivity contribution >= 4 is 34.4 Å². The molecule has 0 radical (unpaired) electrons. The van der Waals surface area contributed by atoms with Crippen LogP contribution in [0.2, 0.25) is 0 Å². The molecule has 0 bridgehead atoms. The predicted octanol–water partition coefficient (Wildman–Crippen LogP) is 0.258. The highest BCUT2D eigenvalue weighted by Crippen LogP contribution is 2.23. The standard InChI is InChI=1S/C13H17ClN6O2/c1-8-7-19-9-10(17(2)13(22)18(3)11(9)21)15-12(19)20(16-8)6-4-5-14/h4-7H2,1-3H3. The molecule has 1 aliphatic heterocycles. The first-order valence-electron chi connectivity index (χ1n) is 6.99. The minimum atomic E-state index is -0.391. The van der Waals surface area contributed by atoms with Crippen molar-refractivity contribution in [2.24, 2.45) is 19.2 Å². The number of halogens is 1. The molecule has 0 fully saturated rings. The molecular formula is C13H17ClN6O2.